The van der Waals surface area contributed by atoms with Crippen LogP contribution in [0.3, 0.4) is 0 Å². The fourth-order valence-corrected chi connectivity index (χ4v) is 5.40. The average Bonchev–Trinajstić information content (AvgIpc) is 3.05. The van der Waals surface area contributed by atoms with Crippen LogP contribution >= 0.6 is 0 Å². The molecule has 244 valence electrons. The van der Waals surface area contributed by atoms with Crippen LogP contribution in [0.2, 0.25) is 0 Å². The van der Waals surface area contributed by atoms with E-state index in [-0.39, 0.29) is 42.9 Å². The highest BCUT2D eigenvalue weighted by atomic mass is 19.4. The van der Waals surface area contributed by atoms with E-state index in [2.05, 4.69) is 15.6 Å². The molecule has 6 N–H and O–H groups in total. The van der Waals surface area contributed by atoms with Crippen LogP contribution in [0.4, 0.5) is 18.0 Å². The number of alkyl halides is 3. The minimum Gasteiger partial charge on any atom is -0.506 e. The maximum Gasteiger partial charge on any atom is 0.416 e. The first-order chi connectivity index (χ1) is 22.5. The normalized spacial score (nSPS) is 12.9. The predicted octanol–water partition coefficient (Wildman–Crippen LogP) is 6.05. The van der Waals surface area contributed by atoms with E-state index < -0.39 is 35.5 Å². The highest BCUT2D eigenvalue weighted by Crippen LogP contribution is 2.34. The number of phenolic OH excluding ortho intramolecular Hbond substituents is 1. The van der Waals surface area contributed by atoms with Crippen LogP contribution in [0.15, 0.2) is 102 Å². The average molecular weight is 648 g/mol. The largest absolute Gasteiger partial charge is 0.506 e. The van der Waals surface area contributed by atoms with Gasteiger partial charge < -0.3 is 35.7 Å². The highest BCUT2D eigenvalue weighted by molar-refractivity contribution is 5.87. The molecule has 1 heterocycles. The lowest BCUT2D eigenvalue weighted by atomic mass is 9.98. The van der Waals surface area contributed by atoms with E-state index in [1.54, 1.807) is 54.6 Å². The summed E-state index contributed by atoms with van der Waals surface area (Å²) in [4.78, 5) is 25.6. The Bertz CT molecular complexity index is 1910. The number of aliphatic hydroxyl groups is 1. The topological polar surface area (TPSA) is 144 Å². The number of benzene rings is 4. The Hall–Kier alpha value is -5.33. The molecular weight excluding hydrogens is 615 g/mol. The number of nitrogens with one attached hydrogen (secondary N) is 3. The number of pyridine rings is 1. The zero-order chi connectivity index (χ0) is 33.6. The van der Waals surface area contributed by atoms with Crippen molar-refractivity contribution >= 4 is 17.0 Å². The van der Waals surface area contributed by atoms with Crippen LogP contribution in [0.25, 0.3) is 10.9 Å². The van der Waals surface area contributed by atoms with E-state index in [4.69, 9.17) is 4.74 Å². The molecule has 5 aromatic rings. The Balaban J connectivity index is 1.23. The minimum atomic E-state index is -4.61. The molecular formula is C35H32F3N3O6. The van der Waals surface area contributed by atoms with Crippen molar-refractivity contribution in [3.8, 4) is 11.5 Å². The van der Waals surface area contributed by atoms with Crippen LogP contribution in [0.1, 0.15) is 45.5 Å². The third kappa shape index (κ3) is 8.29. The number of hydrogen-bond donors (Lipinski definition) is 6. The van der Waals surface area contributed by atoms with Crippen LogP contribution in [-0.4, -0.2) is 39.5 Å². The van der Waals surface area contributed by atoms with Crippen molar-refractivity contribution in [2.75, 3.05) is 13.1 Å². The van der Waals surface area contributed by atoms with Crippen LogP contribution in [0.5, 0.6) is 11.5 Å². The smallest absolute Gasteiger partial charge is 0.416 e. The summed E-state index contributed by atoms with van der Waals surface area (Å²) in [6, 6.07) is 24.7. The summed E-state index contributed by atoms with van der Waals surface area (Å²) >= 11 is 0. The Labute approximate surface area is 267 Å². The van der Waals surface area contributed by atoms with Crippen molar-refractivity contribution in [3.63, 3.8) is 0 Å². The molecule has 0 aliphatic heterocycles. The van der Waals surface area contributed by atoms with E-state index in [0.29, 0.717) is 33.4 Å². The first-order valence-electron chi connectivity index (χ1n) is 14.7. The highest BCUT2D eigenvalue weighted by Gasteiger charge is 2.33. The number of H-pyrrole nitrogens is 1. The van der Waals surface area contributed by atoms with Gasteiger partial charge in [-0.2, -0.15) is 13.2 Å². The first kappa shape index (κ1) is 33.0. The molecule has 0 bridgehead atoms. The van der Waals surface area contributed by atoms with Crippen molar-refractivity contribution in [1.29, 1.82) is 0 Å². The number of hydrogen-bond acceptors (Lipinski definition) is 6. The molecule has 1 aromatic heterocycles. The lowest BCUT2D eigenvalue weighted by Gasteiger charge is -2.19. The number of fused-ring (bicyclic) bond motifs is 1. The van der Waals surface area contributed by atoms with E-state index in [9.17, 15) is 38.1 Å². The van der Waals surface area contributed by atoms with Crippen molar-refractivity contribution in [1.82, 2.24) is 15.6 Å². The molecule has 0 fully saturated rings. The molecule has 0 saturated heterocycles. The Morgan fingerprint density at radius 2 is 1.68 bits per heavy atom. The molecule has 2 atom stereocenters. The molecule has 0 spiro atoms. The molecule has 0 saturated carbocycles. The van der Waals surface area contributed by atoms with Gasteiger partial charge in [0, 0.05) is 18.0 Å². The number of aliphatic hydroxyl groups excluding tert-OH is 1. The monoisotopic (exact) mass is 647 g/mol. The molecule has 0 aliphatic carbocycles. The Morgan fingerprint density at radius 3 is 2.43 bits per heavy atom. The van der Waals surface area contributed by atoms with Gasteiger partial charge >= 0.3 is 12.3 Å². The van der Waals surface area contributed by atoms with Gasteiger partial charge in [-0.05, 0) is 71.1 Å². The quantitative estimate of drug-likeness (QED) is 0.0905. The number of aromatic nitrogens is 1. The van der Waals surface area contributed by atoms with Gasteiger partial charge in [-0.25, -0.2) is 4.79 Å². The Kier molecular flexibility index (Phi) is 10.1. The van der Waals surface area contributed by atoms with Gasteiger partial charge in [-0.1, -0.05) is 60.7 Å². The Morgan fingerprint density at radius 1 is 0.915 bits per heavy atom. The van der Waals surface area contributed by atoms with Crippen LogP contribution < -0.4 is 20.9 Å². The number of aromatic hydroxyl groups is 1. The summed E-state index contributed by atoms with van der Waals surface area (Å²) in [5, 5.41) is 36.1. The summed E-state index contributed by atoms with van der Waals surface area (Å²) < 4.78 is 48.0. The summed E-state index contributed by atoms with van der Waals surface area (Å²) in [6.45, 7) is 0.0203. The second-order valence-electron chi connectivity index (χ2n) is 10.9. The van der Waals surface area contributed by atoms with Gasteiger partial charge in [0.1, 0.15) is 18.1 Å². The SMILES string of the molecule is O=C(O)N[C@@H](c1ccccc1)c1cccc(OCc2ccc(CCNC[C@H](O)c3ccc(O)c4[nH]c(=O)ccc34)c(C(F)(F)F)c2)c1. The third-order valence-corrected chi connectivity index (χ3v) is 7.65. The first-order valence-corrected chi connectivity index (χ1v) is 14.7. The lowest BCUT2D eigenvalue weighted by Crippen LogP contribution is -2.27. The zero-order valence-corrected chi connectivity index (χ0v) is 24.9. The molecule has 4 aromatic carbocycles. The van der Waals surface area contributed by atoms with Gasteiger partial charge in [0.05, 0.1) is 23.2 Å². The minimum absolute atomic E-state index is 0.0262. The second kappa shape index (κ2) is 14.4. The van der Waals surface area contributed by atoms with E-state index in [0.717, 1.165) is 6.07 Å². The summed E-state index contributed by atoms with van der Waals surface area (Å²) in [5.41, 5.74) is 1.12. The van der Waals surface area contributed by atoms with E-state index >= 15 is 0 Å². The number of rotatable bonds is 12. The molecule has 12 heteroatoms. The van der Waals surface area contributed by atoms with Crippen molar-refractivity contribution in [2.45, 2.75) is 31.3 Å². The summed E-state index contributed by atoms with van der Waals surface area (Å²) in [5.74, 6) is 0.220. The van der Waals surface area contributed by atoms with Crippen LogP contribution in [0, 0.1) is 0 Å². The summed E-state index contributed by atoms with van der Waals surface area (Å²) in [6.07, 6.45) is -6.84. The lowest BCUT2D eigenvalue weighted by molar-refractivity contribution is -0.138. The van der Waals surface area contributed by atoms with E-state index in [1.165, 1.54) is 30.3 Å². The second-order valence-corrected chi connectivity index (χ2v) is 10.9. The van der Waals surface area contributed by atoms with Crippen LogP contribution in [-0.2, 0) is 19.2 Å². The van der Waals surface area contributed by atoms with E-state index in [1.807, 2.05) is 6.07 Å². The van der Waals surface area contributed by atoms with Crippen molar-refractivity contribution in [3.05, 3.63) is 141 Å². The molecule has 1 amide bonds. The van der Waals surface area contributed by atoms with Gasteiger partial charge in [0.15, 0.2) is 0 Å². The fraction of sp³-hybridized carbons (Fsp3) is 0.200. The number of amides is 1. The number of phenols is 1. The fourth-order valence-electron chi connectivity index (χ4n) is 5.40. The van der Waals surface area contributed by atoms with Crippen molar-refractivity contribution in [2.24, 2.45) is 0 Å². The molecule has 0 unspecified atom stereocenters. The number of carbonyl (C=O) groups is 1. The number of ether oxygens (including phenoxy) is 1. The summed E-state index contributed by atoms with van der Waals surface area (Å²) in [7, 11) is 0. The molecule has 0 aliphatic rings. The maximum atomic E-state index is 14.1. The standard InChI is InChI=1S/C35H32F3N3O6/c36-35(37,38)28-17-21(20-47-25-8-4-7-24(18-25)32(41-34(45)46)23-5-2-1-3-6-23)9-10-22(28)15-16-39-19-30(43)26-11-13-29(42)33-27(26)12-14-31(44)40-33/h1-14,17-18,30,32,39,41-43H,15-16,19-20H2,(H,40,44)(H,45,46)/t30-,32-/m0/s1. The molecule has 47 heavy (non-hydrogen) atoms. The van der Waals surface area contributed by atoms with Gasteiger partial charge in [-0.15, -0.1) is 0 Å². The number of carboxylic acid groups (broad SMARTS) is 1. The van der Waals surface area contributed by atoms with Gasteiger partial charge in [-0.3, -0.25) is 4.79 Å². The maximum absolute atomic E-state index is 14.1. The third-order valence-electron chi connectivity index (χ3n) is 7.65. The zero-order valence-electron chi connectivity index (χ0n) is 24.9. The molecule has 9 nitrogen and oxygen atoms in total. The molecule has 5 rings (SSSR count). The number of halogens is 3. The van der Waals surface area contributed by atoms with Crippen molar-refractivity contribution < 1.29 is 38.0 Å². The molecule has 0 radical (unpaired) electrons. The predicted molar refractivity (Wildman–Crippen MR) is 169 cm³/mol. The van der Waals surface area contributed by atoms with Gasteiger partial charge in [0.25, 0.3) is 0 Å². The number of aromatic amines is 1. The van der Waals surface area contributed by atoms with Gasteiger partial charge in [0.2, 0.25) is 5.56 Å².